The van der Waals surface area contributed by atoms with E-state index < -0.39 is 6.04 Å². The maximum absolute atomic E-state index is 7.95. The number of para-hydroxylation sites is 2. The molecule has 5 aliphatic rings. The third kappa shape index (κ3) is 6.36. The van der Waals surface area contributed by atoms with E-state index in [-0.39, 0.29) is 27.1 Å². The molecule has 76 heavy (non-hydrogen) atoms. The topological polar surface area (TPSA) is 33.1 Å². The number of anilines is 9. The summed E-state index contributed by atoms with van der Waals surface area (Å²) >= 11 is 7.95. The van der Waals surface area contributed by atoms with Crippen LogP contribution in [-0.4, -0.2) is 4.57 Å². The van der Waals surface area contributed by atoms with Gasteiger partial charge >= 0.3 is 0 Å². The second-order valence-corrected chi connectivity index (χ2v) is 31.3. The summed E-state index contributed by atoms with van der Waals surface area (Å²) in [7, 11) is 0. The Labute approximate surface area is 453 Å². The van der Waals surface area contributed by atoms with Gasteiger partial charge in [-0.2, -0.15) is 0 Å². The third-order valence-corrected chi connectivity index (χ3v) is 21.7. The minimum Gasteiger partial charge on any atom is -0.453 e. The van der Waals surface area contributed by atoms with Crippen molar-refractivity contribution >= 4 is 107 Å². The van der Waals surface area contributed by atoms with E-state index in [4.69, 9.17) is 21.3 Å². The van der Waals surface area contributed by atoms with Crippen LogP contribution in [0.15, 0.2) is 133 Å². The molecule has 0 saturated heterocycles. The van der Waals surface area contributed by atoms with Gasteiger partial charge in [0.25, 0.3) is 0 Å². The number of ether oxygens (including phenoxy) is 2. The first-order valence-corrected chi connectivity index (χ1v) is 29.9. The molecular formula is C68H67N4O2PS. The maximum Gasteiger partial charge on any atom is 0.156 e. The second kappa shape index (κ2) is 15.0. The lowest BCUT2D eigenvalue weighted by Gasteiger charge is -2.54. The average Bonchev–Trinajstić information content (AvgIpc) is 3.70. The molecule has 0 aliphatic carbocycles. The van der Waals surface area contributed by atoms with Gasteiger partial charge in [-0.1, -0.05) is 176 Å². The molecule has 0 unspecified atom stereocenters. The highest BCUT2D eigenvalue weighted by Crippen LogP contribution is 2.73. The molecule has 6 heterocycles. The van der Waals surface area contributed by atoms with Crippen molar-refractivity contribution < 1.29 is 9.47 Å². The molecule has 6 nitrogen and oxygen atoms in total. The molecule has 5 aliphatic heterocycles. The Balaban J connectivity index is 1.21. The number of hydrogen-bond acceptors (Lipinski definition) is 6. The van der Waals surface area contributed by atoms with Gasteiger partial charge in [-0.25, -0.2) is 0 Å². The van der Waals surface area contributed by atoms with Crippen molar-refractivity contribution in [1.29, 1.82) is 0 Å². The summed E-state index contributed by atoms with van der Waals surface area (Å²) in [6, 6.07) is 47.6. The summed E-state index contributed by atoms with van der Waals surface area (Å²) < 4.78 is 17.7. The van der Waals surface area contributed by atoms with Gasteiger partial charge in [-0.15, -0.1) is 0 Å². The predicted octanol–water partition coefficient (Wildman–Crippen LogP) is 18.6. The zero-order valence-electron chi connectivity index (χ0n) is 46.7. The van der Waals surface area contributed by atoms with Crippen molar-refractivity contribution in [3.63, 3.8) is 0 Å². The van der Waals surface area contributed by atoms with Crippen LogP contribution in [0.2, 0.25) is 0 Å². The number of benzene rings is 8. The van der Waals surface area contributed by atoms with Gasteiger partial charge in [0, 0.05) is 43.5 Å². The summed E-state index contributed by atoms with van der Waals surface area (Å²) in [5.41, 5.74) is 18.1. The Morgan fingerprint density at radius 1 is 0.368 bits per heavy atom. The fourth-order valence-corrected chi connectivity index (χ4v) is 18.1. The van der Waals surface area contributed by atoms with E-state index in [1.165, 1.54) is 43.4 Å². The first-order valence-electron chi connectivity index (χ1n) is 27.1. The molecule has 0 bridgehead atoms. The van der Waals surface area contributed by atoms with Crippen molar-refractivity contribution in [2.45, 2.75) is 131 Å². The lowest BCUT2D eigenvalue weighted by atomic mass is 9.83. The zero-order chi connectivity index (χ0) is 53.3. The maximum atomic E-state index is 7.95. The summed E-state index contributed by atoms with van der Waals surface area (Å²) in [6.45, 7) is 34.5. The monoisotopic (exact) mass is 1030 g/mol. The number of hydrogen-bond donors (Lipinski definition) is 0. The molecule has 0 fully saturated rings. The van der Waals surface area contributed by atoms with Gasteiger partial charge in [0.1, 0.15) is 11.4 Å². The molecule has 8 aromatic carbocycles. The Hall–Kier alpha value is -6.79. The molecule has 0 atom stereocenters. The van der Waals surface area contributed by atoms with Gasteiger partial charge in [0.2, 0.25) is 0 Å². The molecule has 0 radical (unpaired) electrons. The smallest absolute Gasteiger partial charge is 0.156 e. The highest BCUT2D eigenvalue weighted by atomic mass is 32.4. The van der Waals surface area contributed by atoms with Crippen LogP contribution in [0.1, 0.15) is 132 Å². The van der Waals surface area contributed by atoms with Crippen molar-refractivity contribution in [2.24, 2.45) is 0 Å². The summed E-state index contributed by atoms with van der Waals surface area (Å²) in [4.78, 5) is 7.70. The molecule has 0 N–H and O–H groups in total. The Morgan fingerprint density at radius 2 is 0.763 bits per heavy atom. The van der Waals surface area contributed by atoms with Crippen LogP contribution >= 0.6 is 6.04 Å². The van der Waals surface area contributed by atoms with E-state index in [1.54, 1.807) is 0 Å². The molecule has 0 amide bonds. The van der Waals surface area contributed by atoms with Gasteiger partial charge < -0.3 is 28.7 Å². The molecule has 0 spiro atoms. The Bertz CT molecular complexity index is 3900. The third-order valence-electron chi connectivity index (χ3n) is 16.8. The fourth-order valence-electron chi connectivity index (χ4n) is 12.8. The van der Waals surface area contributed by atoms with E-state index in [0.29, 0.717) is 0 Å². The van der Waals surface area contributed by atoms with Crippen molar-refractivity contribution in [2.75, 3.05) is 14.7 Å². The van der Waals surface area contributed by atoms with Crippen LogP contribution in [0.3, 0.4) is 0 Å². The van der Waals surface area contributed by atoms with E-state index in [2.05, 4.69) is 257 Å². The summed E-state index contributed by atoms with van der Waals surface area (Å²) in [5, 5.41) is 5.97. The van der Waals surface area contributed by atoms with E-state index in [9.17, 15) is 0 Å². The fraction of sp³-hybridized carbons (Fsp3) is 0.294. The summed E-state index contributed by atoms with van der Waals surface area (Å²) in [6.07, 6.45) is 0. The highest BCUT2D eigenvalue weighted by Gasteiger charge is 2.57. The molecule has 382 valence electrons. The number of fused-ring (bicyclic) bond motifs is 9. The first kappa shape index (κ1) is 47.6. The molecule has 14 rings (SSSR count). The van der Waals surface area contributed by atoms with Gasteiger partial charge in [-0.05, 0) is 117 Å². The normalized spacial score (nSPS) is 15.6. The van der Waals surface area contributed by atoms with Crippen LogP contribution < -0.4 is 40.1 Å². The van der Waals surface area contributed by atoms with E-state index in [0.717, 1.165) is 102 Å². The summed E-state index contributed by atoms with van der Waals surface area (Å²) in [5.74, 6) is 3.47. The molecule has 1 aromatic heterocycles. The van der Waals surface area contributed by atoms with E-state index >= 15 is 0 Å². The van der Waals surface area contributed by atoms with Crippen LogP contribution in [0.4, 0.5) is 51.2 Å². The molecule has 9 aromatic rings. The number of aromatic nitrogens is 1. The van der Waals surface area contributed by atoms with Crippen molar-refractivity contribution in [3.8, 4) is 28.7 Å². The van der Waals surface area contributed by atoms with E-state index in [1.807, 2.05) is 0 Å². The SMILES string of the molecule is CC(C)(C)c1ccc(N2c3cc(C(C)(C)C)c4c5c3P3(=S)c6c(cc(-n7c8ccccc8c8ccccc87)cc6N6c7ccc(C(C)(C)C)cc7Oc7c(C(C)(C)C)cc2c3c76)N5c2ccc(C(C)(C)C)cc2O4)cc1. The standard InChI is InChI=1S/C68H67N4O2PS/c1-64(2,3)38-24-28-41(29-25-38)69-53-36-45(67(10,11)12)59-57-62(53)75(76)61-51(71(57)49-30-26-39(65(4,5)6)32-55(49)73-59)34-42(70-47-22-18-16-20-43(47)44-21-17-19-23-48(44)70)35-52(61)72-50-31-27-40(66(7,8)9)33-56(50)74-60-46(68(13,14)15)37-54(69)63(75)58(60)72/h16-37H,1-15H3. The van der Waals surface area contributed by atoms with Crippen LogP contribution in [0.5, 0.6) is 23.0 Å². The second-order valence-electron chi connectivity index (χ2n) is 27.1. The average molecular weight is 1040 g/mol. The minimum atomic E-state index is -3.06. The minimum absolute atomic E-state index is 0.0233. The zero-order valence-corrected chi connectivity index (χ0v) is 48.4. The van der Waals surface area contributed by atoms with Crippen LogP contribution in [-0.2, 0) is 38.9 Å². The number of nitrogens with zero attached hydrogens (tertiary/aromatic N) is 4. The van der Waals surface area contributed by atoms with Crippen molar-refractivity contribution in [1.82, 2.24) is 4.57 Å². The van der Waals surface area contributed by atoms with Gasteiger partial charge in [-0.3, -0.25) is 0 Å². The van der Waals surface area contributed by atoms with Crippen molar-refractivity contribution in [3.05, 3.63) is 161 Å². The largest absolute Gasteiger partial charge is 0.453 e. The highest BCUT2D eigenvalue weighted by molar-refractivity contribution is 8.26. The van der Waals surface area contributed by atoms with Crippen LogP contribution in [0, 0.1) is 0 Å². The lowest BCUT2D eigenvalue weighted by molar-refractivity contribution is 0.448. The van der Waals surface area contributed by atoms with Gasteiger partial charge in [0.05, 0.1) is 56.9 Å². The quantitative estimate of drug-likeness (QED) is 0.161. The Kier molecular flexibility index (Phi) is 9.42. The van der Waals surface area contributed by atoms with Gasteiger partial charge in [0.15, 0.2) is 23.0 Å². The number of rotatable bonds is 2. The predicted molar refractivity (Wildman–Crippen MR) is 325 cm³/mol. The molecule has 0 saturated carbocycles. The molecule has 8 heteroatoms. The van der Waals surface area contributed by atoms with Crippen LogP contribution in [0.25, 0.3) is 27.5 Å². The molecular weight excluding hydrogens is 968 g/mol. The Morgan fingerprint density at radius 3 is 1.17 bits per heavy atom. The lowest BCUT2D eigenvalue weighted by Crippen LogP contribution is -2.49. The first-order chi connectivity index (χ1) is 35.7.